The molecule has 0 radical (unpaired) electrons. The van der Waals surface area contributed by atoms with E-state index < -0.39 is 0 Å². The van der Waals surface area contributed by atoms with Gasteiger partial charge in [-0.1, -0.05) is 0 Å². The molecular formula is C15H13N3OS. The maximum Gasteiger partial charge on any atom is 0.256 e. The van der Waals surface area contributed by atoms with Gasteiger partial charge in [0.05, 0.1) is 5.56 Å². The third kappa shape index (κ3) is 2.15. The van der Waals surface area contributed by atoms with Gasteiger partial charge in [0.2, 0.25) is 0 Å². The Balaban J connectivity index is 1.87. The van der Waals surface area contributed by atoms with Crippen LogP contribution in [0.15, 0.2) is 24.3 Å². The summed E-state index contributed by atoms with van der Waals surface area (Å²) in [5.74, 6) is -0.207. The second kappa shape index (κ2) is 4.99. The van der Waals surface area contributed by atoms with E-state index in [1.165, 1.54) is 16.2 Å². The largest absolute Gasteiger partial charge is 0.399 e. The molecule has 1 heterocycles. The Morgan fingerprint density at radius 1 is 1.30 bits per heavy atom. The van der Waals surface area contributed by atoms with E-state index in [-0.39, 0.29) is 5.91 Å². The van der Waals surface area contributed by atoms with Crippen LogP contribution in [0.3, 0.4) is 0 Å². The van der Waals surface area contributed by atoms with Crippen LogP contribution in [0.25, 0.3) is 0 Å². The Morgan fingerprint density at radius 3 is 2.75 bits per heavy atom. The number of nitrogens with one attached hydrogen (secondary N) is 1. The molecule has 0 fully saturated rings. The molecular weight excluding hydrogens is 270 g/mol. The SMILES string of the molecule is N#Cc1c(NC(=O)c2ccc(N)cc2)sc2c1CCC2. The number of rotatable bonds is 2. The average molecular weight is 283 g/mol. The fourth-order valence-electron chi connectivity index (χ4n) is 2.42. The van der Waals surface area contributed by atoms with Crippen molar-refractivity contribution in [3.63, 3.8) is 0 Å². The molecule has 1 aromatic carbocycles. The summed E-state index contributed by atoms with van der Waals surface area (Å²) in [7, 11) is 0. The molecule has 0 spiro atoms. The van der Waals surface area contributed by atoms with Gasteiger partial charge in [-0.2, -0.15) is 5.26 Å². The predicted octanol–water partition coefficient (Wildman–Crippen LogP) is 2.94. The van der Waals surface area contributed by atoms with Crippen molar-refractivity contribution in [2.75, 3.05) is 11.1 Å². The quantitative estimate of drug-likeness (QED) is 0.832. The highest BCUT2D eigenvalue weighted by Crippen LogP contribution is 2.38. The van der Waals surface area contributed by atoms with Gasteiger partial charge in [-0.25, -0.2) is 0 Å². The lowest BCUT2D eigenvalue weighted by molar-refractivity contribution is 0.102. The van der Waals surface area contributed by atoms with Crippen molar-refractivity contribution in [1.82, 2.24) is 0 Å². The lowest BCUT2D eigenvalue weighted by Gasteiger charge is -2.04. The highest BCUT2D eigenvalue weighted by molar-refractivity contribution is 7.16. The van der Waals surface area contributed by atoms with Gasteiger partial charge in [-0.3, -0.25) is 4.79 Å². The number of fused-ring (bicyclic) bond motifs is 1. The zero-order chi connectivity index (χ0) is 14.1. The van der Waals surface area contributed by atoms with E-state index in [1.54, 1.807) is 24.3 Å². The van der Waals surface area contributed by atoms with Gasteiger partial charge in [0.15, 0.2) is 0 Å². The van der Waals surface area contributed by atoms with E-state index in [0.717, 1.165) is 24.8 Å². The van der Waals surface area contributed by atoms with Gasteiger partial charge >= 0.3 is 0 Å². The molecule has 1 aromatic heterocycles. The smallest absolute Gasteiger partial charge is 0.256 e. The van der Waals surface area contributed by atoms with Crippen molar-refractivity contribution in [2.24, 2.45) is 0 Å². The number of carbonyl (C=O) groups excluding carboxylic acids is 1. The molecule has 100 valence electrons. The molecule has 4 nitrogen and oxygen atoms in total. The van der Waals surface area contributed by atoms with Crippen LogP contribution in [0.2, 0.25) is 0 Å². The first-order valence-electron chi connectivity index (χ1n) is 6.40. The van der Waals surface area contributed by atoms with Crippen molar-refractivity contribution in [3.05, 3.63) is 45.8 Å². The number of nitrogens with zero attached hydrogens (tertiary/aromatic N) is 1. The van der Waals surface area contributed by atoms with Gasteiger partial charge in [-0.15, -0.1) is 11.3 Å². The summed E-state index contributed by atoms with van der Waals surface area (Å²) in [4.78, 5) is 13.4. The molecule has 5 heteroatoms. The summed E-state index contributed by atoms with van der Waals surface area (Å²) in [6.07, 6.45) is 3.04. The normalized spacial score (nSPS) is 12.8. The second-order valence-corrected chi connectivity index (χ2v) is 5.85. The zero-order valence-electron chi connectivity index (χ0n) is 10.8. The monoisotopic (exact) mass is 283 g/mol. The highest BCUT2D eigenvalue weighted by Gasteiger charge is 2.23. The maximum atomic E-state index is 12.2. The van der Waals surface area contributed by atoms with E-state index in [9.17, 15) is 10.1 Å². The molecule has 1 aliphatic carbocycles. The van der Waals surface area contributed by atoms with E-state index >= 15 is 0 Å². The van der Waals surface area contributed by atoms with Crippen LogP contribution in [-0.2, 0) is 12.8 Å². The molecule has 1 amide bonds. The fourth-order valence-corrected chi connectivity index (χ4v) is 3.66. The van der Waals surface area contributed by atoms with Gasteiger partial charge in [0.25, 0.3) is 5.91 Å². The number of thiophene rings is 1. The van der Waals surface area contributed by atoms with Crippen molar-refractivity contribution in [1.29, 1.82) is 5.26 Å². The van der Waals surface area contributed by atoms with Crippen LogP contribution < -0.4 is 11.1 Å². The van der Waals surface area contributed by atoms with Gasteiger partial charge in [0, 0.05) is 16.1 Å². The number of anilines is 2. The molecule has 2 aromatic rings. The highest BCUT2D eigenvalue weighted by atomic mass is 32.1. The number of hydrogen-bond donors (Lipinski definition) is 2. The minimum Gasteiger partial charge on any atom is -0.399 e. The van der Waals surface area contributed by atoms with Crippen LogP contribution in [-0.4, -0.2) is 5.91 Å². The molecule has 0 unspecified atom stereocenters. The van der Waals surface area contributed by atoms with Crippen molar-refractivity contribution in [2.45, 2.75) is 19.3 Å². The van der Waals surface area contributed by atoms with Crippen molar-refractivity contribution < 1.29 is 4.79 Å². The number of carbonyl (C=O) groups is 1. The summed E-state index contributed by atoms with van der Waals surface area (Å²) in [5, 5.41) is 12.8. The van der Waals surface area contributed by atoms with Gasteiger partial charge in [-0.05, 0) is 49.1 Å². The molecule has 0 saturated heterocycles. The summed E-state index contributed by atoms with van der Waals surface area (Å²) < 4.78 is 0. The maximum absolute atomic E-state index is 12.2. The molecule has 0 bridgehead atoms. The van der Waals surface area contributed by atoms with E-state index in [4.69, 9.17) is 5.73 Å². The van der Waals surface area contributed by atoms with Gasteiger partial charge < -0.3 is 11.1 Å². The minimum atomic E-state index is -0.207. The Labute approximate surface area is 120 Å². The minimum absolute atomic E-state index is 0.207. The van der Waals surface area contributed by atoms with Crippen LogP contribution in [0.1, 0.15) is 32.8 Å². The summed E-state index contributed by atoms with van der Waals surface area (Å²) in [6.45, 7) is 0. The fraction of sp³-hybridized carbons (Fsp3) is 0.200. The first kappa shape index (κ1) is 12.7. The lowest BCUT2D eigenvalue weighted by Crippen LogP contribution is -2.11. The van der Waals surface area contributed by atoms with Crippen molar-refractivity contribution >= 4 is 27.9 Å². The number of hydrogen-bond acceptors (Lipinski definition) is 4. The predicted molar refractivity (Wildman–Crippen MR) is 79.9 cm³/mol. The number of nitrogen functional groups attached to an aromatic ring is 1. The Bertz CT molecular complexity index is 710. The molecule has 0 saturated carbocycles. The molecule has 0 atom stereocenters. The first-order chi connectivity index (χ1) is 9.69. The van der Waals surface area contributed by atoms with E-state index in [1.807, 2.05) is 0 Å². The van der Waals surface area contributed by atoms with Crippen LogP contribution in [0, 0.1) is 11.3 Å². The number of nitrogens with two attached hydrogens (primary N) is 1. The number of aryl methyl sites for hydroxylation is 1. The van der Waals surface area contributed by atoms with Crippen LogP contribution >= 0.6 is 11.3 Å². The topological polar surface area (TPSA) is 78.9 Å². The third-order valence-corrected chi connectivity index (χ3v) is 4.64. The molecule has 3 rings (SSSR count). The molecule has 20 heavy (non-hydrogen) atoms. The Kier molecular flexibility index (Phi) is 3.17. The Hall–Kier alpha value is -2.32. The van der Waals surface area contributed by atoms with E-state index in [0.29, 0.717) is 21.8 Å². The van der Waals surface area contributed by atoms with Crippen LogP contribution in [0.5, 0.6) is 0 Å². The molecule has 0 aliphatic heterocycles. The number of amides is 1. The Morgan fingerprint density at radius 2 is 2.05 bits per heavy atom. The number of nitriles is 1. The second-order valence-electron chi connectivity index (χ2n) is 4.75. The average Bonchev–Trinajstić information content (AvgIpc) is 2.99. The standard InChI is InChI=1S/C15H13N3OS/c16-8-12-11-2-1-3-13(11)20-15(12)18-14(19)9-4-6-10(17)7-5-9/h4-7H,1-3,17H2,(H,18,19). The summed E-state index contributed by atoms with van der Waals surface area (Å²) in [6, 6.07) is 8.95. The van der Waals surface area contributed by atoms with Gasteiger partial charge in [0.1, 0.15) is 11.1 Å². The van der Waals surface area contributed by atoms with Crippen LogP contribution in [0.4, 0.5) is 10.7 Å². The zero-order valence-corrected chi connectivity index (χ0v) is 11.6. The van der Waals surface area contributed by atoms with E-state index in [2.05, 4.69) is 11.4 Å². The number of benzene rings is 1. The summed E-state index contributed by atoms with van der Waals surface area (Å²) in [5.41, 5.74) is 8.51. The van der Waals surface area contributed by atoms with Crippen molar-refractivity contribution in [3.8, 4) is 6.07 Å². The summed E-state index contributed by atoms with van der Waals surface area (Å²) >= 11 is 1.52. The molecule has 3 N–H and O–H groups in total. The first-order valence-corrected chi connectivity index (χ1v) is 7.22. The molecule has 1 aliphatic rings. The lowest BCUT2D eigenvalue weighted by atomic mass is 10.1. The third-order valence-electron chi connectivity index (χ3n) is 3.43.